The van der Waals surface area contributed by atoms with E-state index in [0.29, 0.717) is 19.5 Å². The molecule has 1 aliphatic rings. The third kappa shape index (κ3) is 2.20. The molecule has 1 aromatic rings. The summed E-state index contributed by atoms with van der Waals surface area (Å²) in [7, 11) is 0. The van der Waals surface area contributed by atoms with Gasteiger partial charge in [-0.15, -0.1) is 0 Å². The zero-order chi connectivity index (χ0) is 13.3. The fraction of sp³-hybridized carbons (Fsp3) is 0.417. The van der Waals surface area contributed by atoms with Crippen molar-refractivity contribution in [3.05, 3.63) is 35.1 Å². The van der Waals surface area contributed by atoms with E-state index in [1.807, 2.05) is 0 Å². The fourth-order valence-corrected chi connectivity index (χ4v) is 2.03. The van der Waals surface area contributed by atoms with E-state index in [0.717, 1.165) is 12.1 Å². The van der Waals surface area contributed by atoms with Gasteiger partial charge in [0.2, 0.25) is 0 Å². The highest BCUT2D eigenvalue weighted by atomic mass is 19.2. The summed E-state index contributed by atoms with van der Waals surface area (Å²) in [6, 6.07) is 1.66. The van der Waals surface area contributed by atoms with Crippen LogP contribution in [-0.2, 0) is 0 Å². The van der Waals surface area contributed by atoms with Crippen LogP contribution in [0.4, 0.5) is 13.2 Å². The zero-order valence-electron chi connectivity index (χ0n) is 9.50. The maximum absolute atomic E-state index is 13.4. The van der Waals surface area contributed by atoms with Crippen molar-refractivity contribution in [2.75, 3.05) is 19.7 Å². The second-order valence-electron chi connectivity index (χ2n) is 4.31. The summed E-state index contributed by atoms with van der Waals surface area (Å²) in [5.41, 5.74) is -0.479. The molecule has 0 radical (unpaired) electrons. The lowest BCUT2D eigenvalue weighted by Gasteiger charge is -2.16. The van der Waals surface area contributed by atoms with Gasteiger partial charge in [-0.3, -0.25) is 4.79 Å². The van der Waals surface area contributed by atoms with Crippen molar-refractivity contribution in [1.82, 2.24) is 4.90 Å². The molecular formula is C12H12F3NO2. The molecule has 3 nitrogen and oxygen atoms in total. The molecule has 2 rings (SSSR count). The molecule has 0 spiro atoms. The molecule has 1 heterocycles. The Labute approximate surface area is 102 Å². The van der Waals surface area contributed by atoms with E-state index in [9.17, 15) is 18.0 Å². The maximum atomic E-state index is 13.4. The minimum absolute atomic E-state index is 0.0395. The Kier molecular flexibility index (Phi) is 3.56. The predicted molar refractivity (Wildman–Crippen MR) is 57.4 cm³/mol. The molecule has 1 N–H and O–H groups in total. The molecule has 98 valence electrons. The van der Waals surface area contributed by atoms with Gasteiger partial charge in [0.1, 0.15) is 0 Å². The number of benzene rings is 1. The van der Waals surface area contributed by atoms with E-state index in [-0.39, 0.29) is 12.5 Å². The van der Waals surface area contributed by atoms with Crippen molar-refractivity contribution in [2.24, 2.45) is 5.92 Å². The van der Waals surface area contributed by atoms with Crippen LogP contribution >= 0.6 is 0 Å². The lowest BCUT2D eigenvalue weighted by molar-refractivity contribution is 0.0776. The molecule has 0 aliphatic carbocycles. The number of likely N-dealkylation sites (tertiary alicyclic amines) is 1. The normalized spacial score (nSPS) is 19.3. The van der Waals surface area contributed by atoms with Gasteiger partial charge < -0.3 is 10.0 Å². The van der Waals surface area contributed by atoms with Crippen LogP contribution in [0.25, 0.3) is 0 Å². The Balaban J connectivity index is 2.22. The molecule has 1 amide bonds. The third-order valence-electron chi connectivity index (χ3n) is 3.10. The van der Waals surface area contributed by atoms with Gasteiger partial charge in [-0.05, 0) is 18.6 Å². The minimum atomic E-state index is -1.64. The number of rotatable bonds is 2. The summed E-state index contributed by atoms with van der Waals surface area (Å²) >= 11 is 0. The number of carbonyl (C=O) groups is 1. The summed E-state index contributed by atoms with van der Waals surface area (Å²) in [5, 5.41) is 8.95. The van der Waals surface area contributed by atoms with Gasteiger partial charge in [0.05, 0.1) is 5.56 Å². The summed E-state index contributed by atoms with van der Waals surface area (Å²) in [4.78, 5) is 13.2. The quantitative estimate of drug-likeness (QED) is 0.819. The fourth-order valence-electron chi connectivity index (χ4n) is 2.03. The largest absolute Gasteiger partial charge is 0.396 e. The van der Waals surface area contributed by atoms with Crippen molar-refractivity contribution in [3.8, 4) is 0 Å². The number of aliphatic hydroxyl groups is 1. The van der Waals surface area contributed by atoms with Crippen LogP contribution < -0.4 is 0 Å². The average Bonchev–Trinajstić information content (AvgIpc) is 2.84. The van der Waals surface area contributed by atoms with Gasteiger partial charge in [0.15, 0.2) is 17.5 Å². The van der Waals surface area contributed by atoms with Crippen LogP contribution in [0.15, 0.2) is 12.1 Å². The van der Waals surface area contributed by atoms with Crippen molar-refractivity contribution in [2.45, 2.75) is 6.42 Å². The first kappa shape index (κ1) is 12.9. The molecule has 0 bridgehead atoms. The van der Waals surface area contributed by atoms with Gasteiger partial charge in [0.25, 0.3) is 5.91 Å². The molecule has 1 aliphatic heterocycles. The highest BCUT2D eigenvalue weighted by molar-refractivity contribution is 5.94. The highest BCUT2D eigenvalue weighted by Crippen LogP contribution is 2.21. The predicted octanol–water partition coefficient (Wildman–Crippen LogP) is 1.56. The van der Waals surface area contributed by atoms with Crippen molar-refractivity contribution in [1.29, 1.82) is 0 Å². The SMILES string of the molecule is O=C(c1ccc(F)c(F)c1F)N1CCC(CO)C1. The summed E-state index contributed by atoms with van der Waals surface area (Å²) in [6.45, 7) is 0.625. The number of halogens is 3. The number of hydrogen-bond acceptors (Lipinski definition) is 2. The number of hydrogen-bond donors (Lipinski definition) is 1. The number of amides is 1. The maximum Gasteiger partial charge on any atom is 0.256 e. The van der Waals surface area contributed by atoms with E-state index in [2.05, 4.69) is 0 Å². The van der Waals surface area contributed by atoms with Crippen LogP contribution in [0.2, 0.25) is 0 Å². The first-order valence-corrected chi connectivity index (χ1v) is 5.58. The van der Waals surface area contributed by atoms with Crippen LogP contribution in [0.1, 0.15) is 16.8 Å². The first-order valence-electron chi connectivity index (χ1n) is 5.58. The van der Waals surface area contributed by atoms with Crippen molar-refractivity contribution >= 4 is 5.91 Å². The Bertz CT molecular complexity index is 479. The smallest absolute Gasteiger partial charge is 0.256 e. The molecule has 1 fully saturated rings. The molecule has 0 aromatic heterocycles. The Morgan fingerprint density at radius 1 is 1.33 bits per heavy atom. The molecule has 1 saturated heterocycles. The third-order valence-corrected chi connectivity index (χ3v) is 3.10. The van der Waals surface area contributed by atoms with E-state index < -0.39 is 28.9 Å². The molecular weight excluding hydrogens is 247 g/mol. The first-order chi connectivity index (χ1) is 8.54. The van der Waals surface area contributed by atoms with E-state index in [1.165, 1.54) is 4.90 Å². The van der Waals surface area contributed by atoms with Crippen molar-refractivity contribution in [3.63, 3.8) is 0 Å². The van der Waals surface area contributed by atoms with Crippen LogP contribution in [0.3, 0.4) is 0 Å². The van der Waals surface area contributed by atoms with Gasteiger partial charge in [-0.2, -0.15) is 0 Å². The minimum Gasteiger partial charge on any atom is -0.396 e. The molecule has 1 atom stereocenters. The van der Waals surface area contributed by atoms with E-state index in [4.69, 9.17) is 5.11 Å². The summed E-state index contributed by atoms with van der Waals surface area (Å²) < 4.78 is 39.2. The van der Waals surface area contributed by atoms with Crippen LogP contribution in [0, 0.1) is 23.4 Å². The zero-order valence-corrected chi connectivity index (χ0v) is 9.50. The molecule has 1 aromatic carbocycles. The van der Waals surface area contributed by atoms with Crippen LogP contribution in [-0.4, -0.2) is 35.6 Å². The van der Waals surface area contributed by atoms with Crippen LogP contribution in [0.5, 0.6) is 0 Å². The molecule has 0 saturated carbocycles. The standard InChI is InChI=1S/C12H12F3NO2/c13-9-2-1-8(10(14)11(9)15)12(18)16-4-3-7(5-16)6-17/h1-2,7,17H,3-6H2. The van der Waals surface area contributed by atoms with E-state index >= 15 is 0 Å². The molecule has 18 heavy (non-hydrogen) atoms. The summed E-state index contributed by atoms with van der Waals surface area (Å²) in [5.74, 6) is -5.14. The molecule has 6 heteroatoms. The second-order valence-corrected chi connectivity index (χ2v) is 4.31. The van der Waals surface area contributed by atoms with Gasteiger partial charge in [-0.1, -0.05) is 0 Å². The summed E-state index contributed by atoms with van der Waals surface area (Å²) in [6.07, 6.45) is 0.619. The van der Waals surface area contributed by atoms with Crippen molar-refractivity contribution < 1.29 is 23.1 Å². The highest BCUT2D eigenvalue weighted by Gasteiger charge is 2.29. The number of carbonyl (C=O) groups excluding carboxylic acids is 1. The number of nitrogens with zero attached hydrogens (tertiary/aromatic N) is 1. The lowest BCUT2D eigenvalue weighted by atomic mass is 10.1. The van der Waals surface area contributed by atoms with Gasteiger partial charge in [0, 0.05) is 25.6 Å². The Morgan fingerprint density at radius 3 is 2.67 bits per heavy atom. The average molecular weight is 259 g/mol. The second kappa shape index (κ2) is 4.97. The lowest BCUT2D eigenvalue weighted by Crippen LogP contribution is -2.30. The Morgan fingerprint density at radius 2 is 2.06 bits per heavy atom. The Hall–Kier alpha value is -1.56. The monoisotopic (exact) mass is 259 g/mol. The van der Waals surface area contributed by atoms with E-state index in [1.54, 1.807) is 0 Å². The van der Waals surface area contributed by atoms with Gasteiger partial charge >= 0.3 is 0 Å². The topological polar surface area (TPSA) is 40.5 Å². The number of aliphatic hydroxyl groups excluding tert-OH is 1. The van der Waals surface area contributed by atoms with Gasteiger partial charge in [-0.25, -0.2) is 13.2 Å². The molecule has 1 unspecified atom stereocenters.